The normalized spacial score (nSPS) is 19.7. The van der Waals surface area contributed by atoms with Crippen LogP contribution >= 0.6 is 24.0 Å². The molecule has 2 saturated heterocycles. The van der Waals surface area contributed by atoms with Crippen LogP contribution in [0.5, 0.6) is 0 Å². The number of anilines is 1. The van der Waals surface area contributed by atoms with E-state index in [9.17, 15) is 19.2 Å². The second-order valence-corrected chi connectivity index (χ2v) is 10.1. The number of carbonyl (C=O) groups is 3. The van der Waals surface area contributed by atoms with Gasteiger partial charge in [0.1, 0.15) is 21.8 Å². The van der Waals surface area contributed by atoms with Gasteiger partial charge in [0.15, 0.2) is 0 Å². The number of esters is 1. The van der Waals surface area contributed by atoms with Crippen molar-refractivity contribution in [3.8, 4) is 0 Å². The average molecular weight is 516 g/mol. The van der Waals surface area contributed by atoms with E-state index < -0.39 is 17.6 Å². The maximum Gasteiger partial charge on any atom is 0.308 e. The monoisotopic (exact) mass is 515 g/mol. The number of carbonyl (C=O) groups excluding carboxylic acids is 3. The van der Waals surface area contributed by atoms with E-state index in [2.05, 4.69) is 5.32 Å². The first-order chi connectivity index (χ1) is 16.6. The molecule has 2 amide bonds. The molecule has 1 atom stereocenters. The maximum atomic E-state index is 13.7. The Morgan fingerprint density at radius 2 is 2.11 bits per heavy atom. The standard InChI is InChI=1S/C23H25N5O5S2/c1-12(2)28-22(32)16(35-23(28)34)10-14-19(25-18-13(3)6-5-8-27(18)21(14)31)26-9-7-24-20(30)15(26)11-17(29)33-4/h5-6,8,10,12,15H,7,9,11H2,1-4H3,(H,24,30). The van der Waals surface area contributed by atoms with Crippen LogP contribution in [0.3, 0.4) is 0 Å². The molecule has 0 radical (unpaired) electrons. The number of rotatable bonds is 5. The lowest BCUT2D eigenvalue weighted by atomic mass is 10.1. The number of aromatic nitrogens is 2. The van der Waals surface area contributed by atoms with E-state index in [1.165, 1.54) is 22.5 Å². The fourth-order valence-corrected chi connectivity index (χ4v) is 5.62. The SMILES string of the molecule is COC(=O)CC1C(=O)NCCN1c1nc2c(C)cccn2c(=O)c1C=C1SC(=S)N(C(C)C)C1=O. The average Bonchev–Trinajstić information content (AvgIpc) is 3.10. The summed E-state index contributed by atoms with van der Waals surface area (Å²) in [5.41, 5.74) is 0.921. The summed E-state index contributed by atoms with van der Waals surface area (Å²) in [6.45, 7) is 6.17. The largest absolute Gasteiger partial charge is 0.469 e. The molecule has 0 spiro atoms. The summed E-state index contributed by atoms with van der Waals surface area (Å²) >= 11 is 6.49. The Balaban J connectivity index is 1.94. The summed E-state index contributed by atoms with van der Waals surface area (Å²) in [7, 11) is 1.25. The van der Waals surface area contributed by atoms with Crippen LogP contribution in [0.15, 0.2) is 28.0 Å². The Labute approximate surface area is 211 Å². The van der Waals surface area contributed by atoms with E-state index in [4.69, 9.17) is 21.9 Å². The molecule has 0 aliphatic carbocycles. The molecule has 2 aliphatic rings. The van der Waals surface area contributed by atoms with Crippen LogP contribution in [0.2, 0.25) is 0 Å². The molecule has 2 aromatic rings. The number of nitrogens with zero attached hydrogens (tertiary/aromatic N) is 4. The summed E-state index contributed by atoms with van der Waals surface area (Å²) in [6.07, 6.45) is 2.88. The third-order valence-electron chi connectivity index (χ3n) is 5.87. The van der Waals surface area contributed by atoms with Crippen LogP contribution in [-0.2, 0) is 19.1 Å². The Morgan fingerprint density at radius 3 is 2.77 bits per heavy atom. The number of methoxy groups -OCH3 is 1. The molecule has 2 aliphatic heterocycles. The third-order valence-corrected chi connectivity index (χ3v) is 7.20. The first kappa shape index (κ1) is 24.9. The van der Waals surface area contributed by atoms with Gasteiger partial charge in [-0.1, -0.05) is 30.0 Å². The van der Waals surface area contributed by atoms with Gasteiger partial charge in [0, 0.05) is 25.3 Å². The molecule has 35 heavy (non-hydrogen) atoms. The van der Waals surface area contributed by atoms with Crippen molar-refractivity contribution in [3.63, 3.8) is 0 Å². The minimum atomic E-state index is -0.924. The molecule has 184 valence electrons. The molecule has 0 aromatic carbocycles. The van der Waals surface area contributed by atoms with E-state index in [1.54, 1.807) is 17.2 Å². The van der Waals surface area contributed by atoms with Gasteiger partial charge in [-0.15, -0.1) is 0 Å². The number of hydrogen-bond donors (Lipinski definition) is 1. The molecule has 1 unspecified atom stereocenters. The highest BCUT2D eigenvalue weighted by atomic mass is 32.2. The van der Waals surface area contributed by atoms with Gasteiger partial charge in [-0.3, -0.25) is 28.5 Å². The zero-order valence-corrected chi connectivity index (χ0v) is 21.4. The Hall–Kier alpha value is -3.25. The molecule has 4 heterocycles. The molecular formula is C23H25N5O5S2. The van der Waals surface area contributed by atoms with E-state index in [1.807, 2.05) is 26.8 Å². The fraction of sp³-hybridized carbons (Fsp3) is 0.391. The van der Waals surface area contributed by atoms with Crippen LogP contribution < -0.4 is 15.8 Å². The molecule has 0 saturated carbocycles. The van der Waals surface area contributed by atoms with Crippen molar-refractivity contribution in [2.45, 2.75) is 39.3 Å². The van der Waals surface area contributed by atoms with Crippen LogP contribution in [0.4, 0.5) is 5.82 Å². The minimum absolute atomic E-state index is 0.137. The predicted octanol–water partition coefficient (Wildman–Crippen LogP) is 1.48. The Bertz CT molecular complexity index is 1340. The highest BCUT2D eigenvalue weighted by Crippen LogP contribution is 2.35. The second kappa shape index (κ2) is 9.78. The number of fused-ring (bicyclic) bond motifs is 1. The number of piperazine rings is 1. The van der Waals surface area contributed by atoms with Crippen LogP contribution in [0, 0.1) is 6.92 Å². The zero-order valence-electron chi connectivity index (χ0n) is 19.7. The zero-order chi connectivity index (χ0) is 25.4. The van der Waals surface area contributed by atoms with Crippen LogP contribution in [0.1, 0.15) is 31.4 Å². The number of hydrogen-bond acceptors (Lipinski definition) is 9. The van der Waals surface area contributed by atoms with E-state index in [0.29, 0.717) is 28.0 Å². The van der Waals surface area contributed by atoms with Gasteiger partial charge in [-0.25, -0.2) is 4.98 Å². The minimum Gasteiger partial charge on any atom is -0.469 e. The Morgan fingerprint density at radius 1 is 1.37 bits per heavy atom. The summed E-state index contributed by atoms with van der Waals surface area (Å²) < 4.78 is 6.60. The number of nitrogens with one attached hydrogen (secondary N) is 1. The van der Waals surface area contributed by atoms with Gasteiger partial charge in [-0.2, -0.15) is 0 Å². The van der Waals surface area contributed by atoms with Crippen molar-refractivity contribution in [1.82, 2.24) is 19.6 Å². The lowest BCUT2D eigenvalue weighted by Crippen LogP contribution is -2.57. The van der Waals surface area contributed by atoms with Crippen molar-refractivity contribution in [2.75, 3.05) is 25.1 Å². The maximum absolute atomic E-state index is 13.7. The molecule has 2 aromatic heterocycles. The van der Waals surface area contributed by atoms with Gasteiger partial charge >= 0.3 is 5.97 Å². The topological polar surface area (TPSA) is 113 Å². The smallest absolute Gasteiger partial charge is 0.308 e. The van der Waals surface area contributed by atoms with Gasteiger partial charge < -0.3 is 15.0 Å². The van der Waals surface area contributed by atoms with Crippen molar-refractivity contribution in [1.29, 1.82) is 0 Å². The molecular weight excluding hydrogens is 490 g/mol. The molecule has 10 nitrogen and oxygen atoms in total. The van der Waals surface area contributed by atoms with Crippen LogP contribution in [0.25, 0.3) is 11.7 Å². The van der Waals surface area contributed by atoms with E-state index >= 15 is 0 Å². The predicted molar refractivity (Wildman–Crippen MR) is 137 cm³/mol. The lowest BCUT2D eigenvalue weighted by molar-refractivity contribution is -0.143. The molecule has 1 N–H and O–H groups in total. The van der Waals surface area contributed by atoms with Gasteiger partial charge in [0.25, 0.3) is 11.5 Å². The van der Waals surface area contributed by atoms with E-state index in [0.717, 1.165) is 17.3 Å². The summed E-state index contributed by atoms with van der Waals surface area (Å²) in [6, 6.07) is 2.50. The quantitative estimate of drug-likeness (QED) is 0.359. The molecule has 0 bridgehead atoms. The first-order valence-corrected chi connectivity index (χ1v) is 12.3. The Kier molecular flexibility index (Phi) is 6.95. The summed E-state index contributed by atoms with van der Waals surface area (Å²) in [4.78, 5) is 59.8. The number of thiocarbonyl (C=S) groups is 1. The molecule has 4 rings (SSSR count). The number of thioether (sulfide) groups is 1. The van der Waals surface area contributed by atoms with Gasteiger partial charge in [-0.05, 0) is 38.5 Å². The lowest BCUT2D eigenvalue weighted by Gasteiger charge is -2.36. The summed E-state index contributed by atoms with van der Waals surface area (Å²) in [5.74, 6) is -1.00. The number of pyridine rings is 1. The van der Waals surface area contributed by atoms with Crippen molar-refractivity contribution >= 4 is 63.6 Å². The fourth-order valence-electron chi connectivity index (χ4n) is 4.11. The van der Waals surface area contributed by atoms with Crippen molar-refractivity contribution in [2.24, 2.45) is 0 Å². The highest BCUT2D eigenvalue weighted by molar-refractivity contribution is 8.26. The summed E-state index contributed by atoms with van der Waals surface area (Å²) in [5, 5.41) is 2.75. The number of ether oxygens (including phenoxy) is 1. The number of amides is 2. The first-order valence-electron chi connectivity index (χ1n) is 11.0. The van der Waals surface area contributed by atoms with Gasteiger partial charge in [0.05, 0.1) is 24.0 Å². The molecule has 2 fully saturated rings. The third kappa shape index (κ3) is 4.55. The van der Waals surface area contributed by atoms with Crippen molar-refractivity contribution in [3.05, 3.63) is 44.7 Å². The van der Waals surface area contributed by atoms with Crippen LogP contribution in [-0.4, -0.2) is 68.7 Å². The molecule has 12 heteroatoms. The second-order valence-electron chi connectivity index (χ2n) is 8.46. The van der Waals surface area contributed by atoms with E-state index in [-0.39, 0.29) is 35.7 Å². The van der Waals surface area contributed by atoms with Gasteiger partial charge in [0.2, 0.25) is 5.91 Å². The highest BCUT2D eigenvalue weighted by Gasteiger charge is 2.37. The van der Waals surface area contributed by atoms with Crippen molar-refractivity contribution < 1.29 is 19.1 Å². The number of aryl methyl sites for hydroxylation is 1.